The Kier molecular flexibility index (Phi) is 4.63. The van der Waals surface area contributed by atoms with E-state index in [2.05, 4.69) is 29.6 Å². The second kappa shape index (κ2) is 6.64. The minimum absolute atomic E-state index is 0.119. The van der Waals surface area contributed by atoms with Crippen LogP contribution in [-0.4, -0.2) is 16.8 Å². The van der Waals surface area contributed by atoms with Gasteiger partial charge in [-0.2, -0.15) is 0 Å². The summed E-state index contributed by atoms with van der Waals surface area (Å²) in [6.45, 7) is 0.800. The zero-order valence-corrected chi connectivity index (χ0v) is 13.2. The maximum atomic E-state index is 10.7. The molecule has 0 spiro atoms. The van der Waals surface area contributed by atoms with Crippen molar-refractivity contribution in [1.82, 2.24) is 5.32 Å². The molecule has 0 saturated heterocycles. The predicted octanol–water partition coefficient (Wildman–Crippen LogP) is 3.70. The van der Waals surface area contributed by atoms with E-state index in [-0.39, 0.29) is 6.42 Å². The molecule has 0 radical (unpaired) electrons. The lowest BCUT2D eigenvalue weighted by molar-refractivity contribution is -0.136. The third kappa shape index (κ3) is 3.67. The molecule has 2 heterocycles. The van der Waals surface area contributed by atoms with Gasteiger partial charge in [-0.05, 0) is 35.9 Å². The number of aliphatic carboxylic acids is 1. The number of thiophene rings is 1. The number of thioether (sulfide) groups is 1. The lowest BCUT2D eigenvalue weighted by Crippen LogP contribution is -2.23. The highest BCUT2D eigenvalue weighted by Crippen LogP contribution is 2.36. The van der Waals surface area contributed by atoms with Gasteiger partial charge in [-0.15, -0.1) is 23.1 Å². The fraction of sp³-hybridized carbons (Fsp3) is 0.312. The van der Waals surface area contributed by atoms with E-state index in [0.29, 0.717) is 6.04 Å². The molecule has 0 amide bonds. The van der Waals surface area contributed by atoms with E-state index in [0.717, 1.165) is 23.6 Å². The van der Waals surface area contributed by atoms with Crippen LogP contribution < -0.4 is 5.32 Å². The van der Waals surface area contributed by atoms with Gasteiger partial charge in [-0.3, -0.25) is 4.79 Å². The molecule has 0 bridgehead atoms. The van der Waals surface area contributed by atoms with Gasteiger partial charge in [0.05, 0.1) is 6.42 Å². The largest absolute Gasteiger partial charge is 0.481 e. The van der Waals surface area contributed by atoms with Crippen LogP contribution in [0, 0.1) is 0 Å². The molecule has 3 rings (SSSR count). The second-order valence-electron chi connectivity index (χ2n) is 5.05. The van der Waals surface area contributed by atoms with Crippen LogP contribution in [0.2, 0.25) is 0 Å². The predicted molar refractivity (Wildman–Crippen MR) is 87.0 cm³/mol. The van der Waals surface area contributed by atoms with Gasteiger partial charge in [-0.25, -0.2) is 0 Å². The van der Waals surface area contributed by atoms with Crippen molar-refractivity contribution in [3.8, 4) is 0 Å². The number of carboxylic acids is 1. The van der Waals surface area contributed by atoms with Crippen molar-refractivity contribution < 1.29 is 9.90 Å². The summed E-state index contributed by atoms with van der Waals surface area (Å²) >= 11 is 3.50. The van der Waals surface area contributed by atoms with E-state index in [4.69, 9.17) is 5.11 Å². The van der Waals surface area contributed by atoms with Gasteiger partial charge in [0.25, 0.3) is 0 Å². The smallest absolute Gasteiger partial charge is 0.308 e. The summed E-state index contributed by atoms with van der Waals surface area (Å²) in [4.78, 5) is 14.2. The minimum atomic E-state index is -0.769. The molecule has 21 heavy (non-hydrogen) atoms. The zero-order valence-electron chi connectivity index (χ0n) is 11.5. The summed E-state index contributed by atoms with van der Waals surface area (Å²) in [5.41, 5.74) is 1.39. The van der Waals surface area contributed by atoms with Gasteiger partial charge in [0.1, 0.15) is 0 Å². The molecule has 0 saturated carbocycles. The Labute approximate surface area is 132 Å². The summed E-state index contributed by atoms with van der Waals surface area (Å²) in [5.74, 6) is 0.373. The van der Waals surface area contributed by atoms with Crippen LogP contribution in [0.4, 0.5) is 0 Å². The molecule has 2 aromatic rings. The molecule has 1 aromatic heterocycles. The first kappa shape index (κ1) is 14.6. The van der Waals surface area contributed by atoms with Crippen LogP contribution in [0.3, 0.4) is 0 Å². The first-order valence-electron chi connectivity index (χ1n) is 6.97. The van der Waals surface area contributed by atoms with Crippen LogP contribution in [0.5, 0.6) is 0 Å². The molecule has 110 valence electrons. The molecule has 1 aliphatic heterocycles. The van der Waals surface area contributed by atoms with Gasteiger partial charge in [0.15, 0.2) is 0 Å². The van der Waals surface area contributed by atoms with Crippen LogP contribution in [0.25, 0.3) is 0 Å². The molecule has 5 heteroatoms. The molecule has 2 N–H and O–H groups in total. The molecular weight excluding hydrogens is 302 g/mol. The molecule has 3 nitrogen and oxygen atoms in total. The van der Waals surface area contributed by atoms with E-state index >= 15 is 0 Å². The Balaban J connectivity index is 1.63. The number of carbonyl (C=O) groups is 1. The Bertz CT molecular complexity index is 639. The highest BCUT2D eigenvalue weighted by molar-refractivity contribution is 7.99. The quantitative estimate of drug-likeness (QED) is 0.882. The number of rotatable bonds is 5. The standard InChI is InChI=1S/C16H17NO2S2/c18-16(19)9-11-5-6-12(21-11)10-17-14-7-8-20-15-4-2-1-3-13(14)15/h1-6,14,17H,7-10H2,(H,18,19). The van der Waals surface area contributed by atoms with Crippen LogP contribution >= 0.6 is 23.1 Å². The summed E-state index contributed by atoms with van der Waals surface area (Å²) in [7, 11) is 0. The third-order valence-corrected chi connectivity index (χ3v) is 5.73. The van der Waals surface area contributed by atoms with Crippen molar-refractivity contribution in [2.24, 2.45) is 0 Å². The lowest BCUT2D eigenvalue weighted by Gasteiger charge is -2.25. The van der Waals surface area contributed by atoms with E-state index in [1.165, 1.54) is 15.3 Å². The molecule has 1 aromatic carbocycles. The molecular formula is C16H17NO2S2. The number of hydrogen-bond donors (Lipinski definition) is 2. The number of nitrogens with one attached hydrogen (secondary N) is 1. The third-order valence-electron chi connectivity index (χ3n) is 3.52. The van der Waals surface area contributed by atoms with Gasteiger partial charge in [0.2, 0.25) is 0 Å². The summed E-state index contributed by atoms with van der Waals surface area (Å²) < 4.78 is 0. The van der Waals surface area contributed by atoms with Crippen LogP contribution in [0.1, 0.15) is 27.8 Å². The van der Waals surface area contributed by atoms with Gasteiger partial charge in [0, 0.05) is 27.2 Å². The minimum Gasteiger partial charge on any atom is -0.481 e. The van der Waals surface area contributed by atoms with Gasteiger partial charge < -0.3 is 10.4 Å². The van der Waals surface area contributed by atoms with E-state index < -0.39 is 5.97 Å². The number of hydrogen-bond acceptors (Lipinski definition) is 4. The van der Waals surface area contributed by atoms with Crippen molar-refractivity contribution in [2.45, 2.75) is 30.3 Å². The molecule has 0 aliphatic carbocycles. The van der Waals surface area contributed by atoms with Crippen LogP contribution in [-0.2, 0) is 17.8 Å². The first-order valence-corrected chi connectivity index (χ1v) is 8.77. The Hall–Kier alpha value is -1.30. The van der Waals surface area contributed by atoms with E-state index in [1.54, 1.807) is 11.3 Å². The van der Waals surface area contributed by atoms with E-state index in [9.17, 15) is 4.79 Å². The highest BCUT2D eigenvalue weighted by Gasteiger charge is 2.19. The van der Waals surface area contributed by atoms with Crippen molar-refractivity contribution in [1.29, 1.82) is 0 Å². The second-order valence-corrected chi connectivity index (χ2v) is 7.44. The summed E-state index contributed by atoms with van der Waals surface area (Å²) in [6, 6.07) is 12.9. The Morgan fingerprint density at radius 3 is 2.90 bits per heavy atom. The number of carboxylic acid groups (broad SMARTS) is 1. The molecule has 1 atom stereocenters. The fourth-order valence-corrected chi connectivity index (χ4v) is 4.62. The fourth-order valence-electron chi connectivity index (χ4n) is 2.54. The Morgan fingerprint density at radius 1 is 1.24 bits per heavy atom. The molecule has 0 fully saturated rings. The number of benzene rings is 1. The van der Waals surface area contributed by atoms with E-state index in [1.807, 2.05) is 23.9 Å². The van der Waals surface area contributed by atoms with Crippen molar-refractivity contribution in [3.63, 3.8) is 0 Å². The average molecular weight is 319 g/mol. The SMILES string of the molecule is O=C(O)Cc1ccc(CNC2CCSc3ccccc32)s1. The normalized spacial score (nSPS) is 17.4. The van der Waals surface area contributed by atoms with Crippen LogP contribution in [0.15, 0.2) is 41.3 Å². The maximum absolute atomic E-state index is 10.7. The molecule has 1 aliphatic rings. The monoisotopic (exact) mass is 319 g/mol. The number of fused-ring (bicyclic) bond motifs is 1. The Morgan fingerprint density at radius 2 is 2.05 bits per heavy atom. The summed E-state index contributed by atoms with van der Waals surface area (Å²) in [5, 5.41) is 12.4. The average Bonchev–Trinajstić information content (AvgIpc) is 2.92. The molecule has 1 unspecified atom stereocenters. The van der Waals surface area contributed by atoms with Crippen molar-refractivity contribution in [2.75, 3.05) is 5.75 Å². The maximum Gasteiger partial charge on any atom is 0.308 e. The lowest BCUT2D eigenvalue weighted by atomic mass is 10.0. The highest BCUT2D eigenvalue weighted by atomic mass is 32.2. The van der Waals surface area contributed by atoms with Gasteiger partial charge in [-0.1, -0.05) is 18.2 Å². The first-order chi connectivity index (χ1) is 10.2. The van der Waals surface area contributed by atoms with Crippen molar-refractivity contribution >= 4 is 29.1 Å². The summed E-state index contributed by atoms with van der Waals surface area (Å²) in [6.07, 6.45) is 1.25. The van der Waals surface area contributed by atoms with Crippen molar-refractivity contribution in [3.05, 3.63) is 51.7 Å². The van der Waals surface area contributed by atoms with Gasteiger partial charge >= 0.3 is 5.97 Å². The topological polar surface area (TPSA) is 49.3 Å². The zero-order chi connectivity index (χ0) is 14.7.